The third-order valence-electron chi connectivity index (χ3n) is 6.73. The Hall–Kier alpha value is -3.57. The van der Waals surface area contributed by atoms with Crippen LogP contribution in [0.5, 0.6) is 11.5 Å². The molecule has 4 nitrogen and oxygen atoms in total. The minimum absolute atomic E-state index is 0.120. The van der Waals surface area contributed by atoms with Gasteiger partial charge in [-0.3, -0.25) is 9.69 Å². The zero-order chi connectivity index (χ0) is 25.5. The Morgan fingerprint density at radius 1 is 0.919 bits per heavy atom. The first-order chi connectivity index (χ1) is 18.0. The molecule has 6 rings (SSSR count). The standard InChI is InChI=1S/C31H23Cl2NO3/c1-19-30-24(17-34(18-36-30)16-23-11-12-25(32)15-27(23)33)14-26-29(35)28(37-31(19)26)13-20-7-9-22(10-8-20)21-5-3-2-4-6-21/h2-15H,16-18H2,1H3/b28-13-. The fraction of sp³-hybridized carbons (Fsp3) is 0.129. The van der Waals surface area contributed by atoms with Crippen molar-refractivity contribution in [3.8, 4) is 22.6 Å². The molecule has 0 amide bonds. The highest BCUT2D eigenvalue weighted by Gasteiger charge is 2.33. The molecular weight excluding hydrogens is 505 g/mol. The summed E-state index contributed by atoms with van der Waals surface area (Å²) in [7, 11) is 0. The van der Waals surface area contributed by atoms with E-state index in [4.69, 9.17) is 32.7 Å². The number of allylic oxidation sites excluding steroid dienone is 1. The smallest absolute Gasteiger partial charge is 0.231 e. The molecule has 6 heteroatoms. The van der Waals surface area contributed by atoms with Crippen molar-refractivity contribution in [3.05, 3.63) is 122 Å². The highest BCUT2D eigenvalue weighted by Crippen LogP contribution is 2.43. The first-order valence-electron chi connectivity index (χ1n) is 12.0. The van der Waals surface area contributed by atoms with Crippen molar-refractivity contribution in [2.24, 2.45) is 0 Å². The molecule has 0 saturated heterocycles. The number of nitrogens with zero attached hydrogens (tertiary/aromatic N) is 1. The lowest BCUT2D eigenvalue weighted by molar-refractivity contribution is 0.0877. The summed E-state index contributed by atoms with van der Waals surface area (Å²) in [6.45, 7) is 3.60. The molecule has 0 aromatic heterocycles. The van der Waals surface area contributed by atoms with Gasteiger partial charge in [-0.25, -0.2) is 0 Å². The third kappa shape index (κ3) is 4.64. The van der Waals surface area contributed by atoms with Gasteiger partial charge in [-0.15, -0.1) is 0 Å². The maximum Gasteiger partial charge on any atom is 0.231 e. The Balaban J connectivity index is 1.23. The van der Waals surface area contributed by atoms with E-state index in [-0.39, 0.29) is 5.78 Å². The highest BCUT2D eigenvalue weighted by molar-refractivity contribution is 6.35. The molecule has 0 aliphatic carbocycles. The van der Waals surface area contributed by atoms with Crippen molar-refractivity contribution >= 4 is 35.1 Å². The molecule has 0 radical (unpaired) electrons. The average Bonchev–Trinajstić information content (AvgIpc) is 3.22. The number of benzene rings is 4. The predicted octanol–water partition coefficient (Wildman–Crippen LogP) is 7.94. The maximum absolute atomic E-state index is 13.3. The molecule has 0 spiro atoms. The molecule has 2 aliphatic heterocycles. The Morgan fingerprint density at radius 2 is 1.68 bits per heavy atom. The van der Waals surface area contributed by atoms with Gasteiger partial charge < -0.3 is 9.47 Å². The normalized spacial score (nSPS) is 15.8. The number of halogens is 2. The van der Waals surface area contributed by atoms with Gasteiger partial charge in [0.25, 0.3) is 0 Å². The number of ether oxygens (including phenoxy) is 2. The molecule has 0 saturated carbocycles. The van der Waals surface area contributed by atoms with Crippen molar-refractivity contribution < 1.29 is 14.3 Å². The van der Waals surface area contributed by atoms with Crippen LogP contribution >= 0.6 is 23.2 Å². The lowest BCUT2D eigenvalue weighted by Crippen LogP contribution is -2.32. The second kappa shape index (κ2) is 9.71. The fourth-order valence-electron chi connectivity index (χ4n) is 4.84. The zero-order valence-electron chi connectivity index (χ0n) is 20.1. The molecule has 184 valence electrons. The number of hydrogen-bond acceptors (Lipinski definition) is 4. The Bertz CT molecular complexity index is 1550. The summed E-state index contributed by atoms with van der Waals surface area (Å²) in [5.74, 6) is 1.55. The number of carbonyl (C=O) groups is 1. The highest BCUT2D eigenvalue weighted by atomic mass is 35.5. The van der Waals surface area contributed by atoms with Crippen LogP contribution in [0.4, 0.5) is 0 Å². The van der Waals surface area contributed by atoms with E-state index in [1.807, 2.05) is 67.6 Å². The van der Waals surface area contributed by atoms with E-state index in [2.05, 4.69) is 17.0 Å². The second-order valence-electron chi connectivity index (χ2n) is 9.29. The molecule has 4 aromatic carbocycles. The van der Waals surface area contributed by atoms with Gasteiger partial charge in [0.2, 0.25) is 5.78 Å². The van der Waals surface area contributed by atoms with Crippen molar-refractivity contribution in [1.82, 2.24) is 4.90 Å². The van der Waals surface area contributed by atoms with Gasteiger partial charge in [-0.05, 0) is 53.5 Å². The van der Waals surface area contributed by atoms with Crippen molar-refractivity contribution in [1.29, 1.82) is 0 Å². The third-order valence-corrected chi connectivity index (χ3v) is 7.31. The number of ketones is 1. The summed E-state index contributed by atoms with van der Waals surface area (Å²) >= 11 is 12.4. The number of carbonyl (C=O) groups excluding carboxylic acids is 1. The quantitative estimate of drug-likeness (QED) is 0.252. The van der Waals surface area contributed by atoms with Crippen LogP contribution in [0.25, 0.3) is 17.2 Å². The molecule has 0 unspecified atom stereocenters. The van der Waals surface area contributed by atoms with Gasteiger partial charge in [0.15, 0.2) is 5.76 Å². The molecule has 0 N–H and O–H groups in total. The van der Waals surface area contributed by atoms with E-state index >= 15 is 0 Å². The van der Waals surface area contributed by atoms with E-state index in [9.17, 15) is 4.79 Å². The van der Waals surface area contributed by atoms with Gasteiger partial charge in [0, 0.05) is 34.3 Å². The van der Waals surface area contributed by atoms with Crippen LogP contribution in [-0.2, 0) is 13.1 Å². The molecule has 0 fully saturated rings. The van der Waals surface area contributed by atoms with Crippen LogP contribution in [-0.4, -0.2) is 17.4 Å². The minimum atomic E-state index is -0.120. The topological polar surface area (TPSA) is 38.8 Å². The number of rotatable bonds is 4. The Morgan fingerprint density at radius 3 is 2.43 bits per heavy atom. The number of fused-ring (bicyclic) bond motifs is 2. The van der Waals surface area contributed by atoms with Crippen molar-refractivity contribution in [3.63, 3.8) is 0 Å². The lowest BCUT2D eigenvalue weighted by Gasteiger charge is -2.30. The van der Waals surface area contributed by atoms with Crippen LogP contribution < -0.4 is 9.47 Å². The monoisotopic (exact) mass is 527 g/mol. The largest absolute Gasteiger partial charge is 0.477 e. The van der Waals surface area contributed by atoms with Gasteiger partial charge in [-0.1, -0.05) is 83.9 Å². The second-order valence-corrected chi connectivity index (χ2v) is 10.1. The molecule has 0 atom stereocenters. The van der Waals surface area contributed by atoms with Gasteiger partial charge in [0.05, 0.1) is 5.56 Å². The predicted molar refractivity (Wildman–Crippen MR) is 147 cm³/mol. The number of hydrogen-bond donors (Lipinski definition) is 0. The molecule has 0 bridgehead atoms. The van der Waals surface area contributed by atoms with E-state index in [1.165, 1.54) is 0 Å². The first-order valence-corrected chi connectivity index (χ1v) is 12.8. The summed E-state index contributed by atoms with van der Waals surface area (Å²) in [5.41, 5.74) is 6.51. The summed E-state index contributed by atoms with van der Waals surface area (Å²) in [4.78, 5) is 15.4. The molecule has 2 heterocycles. The van der Waals surface area contributed by atoms with E-state index in [1.54, 1.807) is 12.1 Å². The van der Waals surface area contributed by atoms with Crippen LogP contribution in [0, 0.1) is 6.92 Å². The van der Waals surface area contributed by atoms with Crippen LogP contribution in [0.2, 0.25) is 10.0 Å². The summed E-state index contributed by atoms with van der Waals surface area (Å²) in [6.07, 6.45) is 1.80. The Labute approximate surface area is 225 Å². The lowest BCUT2D eigenvalue weighted by atomic mass is 9.99. The van der Waals surface area contributed by atoms with Gasteiger partial charge in [0.1, 0.15) is 18.2 Å². The van der Waals surface area contributed by atoms with E-state index < -0.39 is 0 Å². The summed E-state index contributed by atoms with van der Waals surface area (Å²) in [5, 5.41) is 1.23. The van der Waals surface area contributed by atoms with Crippen molar-refractivity contribution in [2.45, 2.75) is 20.0 Å². The SMILES string of the molecule is Cc1c2c(cc3c1O/C(=C\c1ccc(-c4ccccc4)cc1)C3=O)CN(Cc1ccc(Cl)cc1Cl)CO2. The van der Waals surface area contributed by atoms with E-state index in [0.29, 0.717) is 46.9 Å². The molecular formula is C31H23Cl2NO3. The maximum atomic E-state index is 13.3. The minimum Gasteiger partial charge on any atom is -0.477 e. The number of Topliss-reactive ketones (excluding diaryl/α,β-unsaturated/α-hetero) is 1. The van der Waals surface area contributed by atoms with Crippen LogP contribution in [0.15, 0.2) is 84.6 Å². The van der Waals surface area contributed by atoms with Gasteiger partial charge >= 0.3 is 0 Å². The fourth-order valence-corrected chi connectivity index (χ4v) is 5.31. The van der Waals surface area contributed by atoms with E-state index in [0.717, 1.165) is 39.1 Å². The zero-order valence-corrected chi connectivity index (χ0v) is 21.6. The average molecular weight is 528 g/mol. The van der Waals surface area contributed by atoms with Crippen LogP contribution in [0.1, 0.15) is 32.6 Å². The first kappa shape index (κ1) is 23.8. The van der Waals surface area contributed by atoms with Crippen molar-refractivity contribution in [2.75, 3.05) is 6.73 Å². The van der Waals surface area contributed by atoms with Crippen LogP contribution in [0.3, 0.4) is 0 Å². The molecule has 4 aromatic rings. The molecule has 2 aliphatic rings. The summed E-state index contributed by atoms with van der Waals surface area (Å²) < 4.78 is 12.2. The van der Waals surface area contributed by atoms with Gasteiger partial charge in [-0.2, -0.15) is 0 Å². The summed E-state index contributed by atoms with van der Waals surface area (Å²) in [6, 6.07) is 25.7. The molecule has 37 heavy (non-hydrogen) atoms. The Kier molecular flexibility index (Phi) is 6.25.